The van der Waals surface area contributed by atoms with Gasteiger partial charge in [0.2, 0.25) is 5.91 Å². The van der Waals surface area contributed by atoms with Gasteiger partial charge in [-0.05, 0) is 0 Å². The summed E-state index contributed by atoms with van der Waals surface area (Å²) in [5.74, 6) is -0.00779. The SMILES string of the molecule is O=C(Cc1cnc[nH]1)N1CCN(Cc2cn[nH]n2)CC(O)C1. The van der Waals surface area contributed by atoms with Gasteiger partial charge in [-0.2, -0.15) is 15.4 Å². The van der Waals surface area contributed by atoms with Crippen LogP contribution in [-0.2, 0) is 17.8 Å². The number of rotatable bonds is 4. The van der Waals surface area contributed by atoms with Crippen molar-refractivity contribution in [3.8, 4) is 0 Å². The van der Waals surface area contributed by atoms with E-state index < -0.39 is 6.10 Å². The topological polar surface area (TPSA) is 114 Å². The number of aromatic nitrogens is 5. The Balaban J connectivity index is 1.57. The van der Waals surface area contributed by atoms with E-state index in [1.807, 2.05) is 0 Å². The lowest BCUT2D eigenvalue weighted by Crippen LogP contribution is -2.38. The van der Waals surface area contributed by atoms with Gasteiger partial charge in [-0.25, -0.2) is 4.98 Å². The predicted octanol–water partition coefficient (Wildman–Crippen LogP) is -1.22. The molecule has 0 bridgehead atoms. The second-order valence-corrected chi connectivity index (χ2v) is 5.44. The van der Waals surface area contributed by atoms with Gasteiger partial charge in [0.05, 0.1) is 30.7 Å². The van der Waals surface area contributed by atoms with Gasteiger partial charge in [-0.1, -0.05) is 0 Å². The van der Waals surface area contributed by atoms with Gasteiger partial charge in [0.1, 0.15) is 0 Å². The number of aliphatic hydroxyl groups is 1. The molecule has 0 saturated carbocycles. The lowest BCUT2D eigenvalue weighted by atomic mass is 10.2. The molecule has 2 aromatic rings. The largest absolute Gasteiger partial charge is 0.390 e. The van der Waals surface area contributed by atoms with Gasteiger partial charge in [0, 0.05) is 44.6 Å². The maximum Gasteiger partial charge on any atom is 0.228 e. The van der Waals surface area contributed by atoms with E-state index in [1.54, 1.807) is 23.6 Å². The van der Waals surface area contributed by atoms with Gasteiger partial charge in [-0.15, -0.1) is 0 Å². The van der Waals surface area contributed by atoms with Gasteiger partial charge >= 0.3 is 0 Å². The molecule has 1 amide bonds. The highest BCUT2D eigenvalue weighted by Gasteiger charge is 2.25. The van der Waals surface area contributed by atoms with Crippen molar-refractivity contribution in [3.63, 3.8) is 0 Å². The molecule has 1 aliphatic rings. The Morgan fingerprint density at radius 2 is 2.27 bits per heavy atom. The predicted molar refractivity (Wildman–Crippen MR) is 76.5 cm³/mol. The van der Waals surface area contributed by atoms with Crippen LogP contribution in [0.1, 0.15) is 11.4 Å². The molecule has 3 N–H and O–H groups in total. The van der Waals surface area contributed by atoms with Gasteiger partial charge < -0.3 is 15.0 Å². The zero-order valence-electron chi connectivity index (χ0n) is 12.1. The minimum Gasteiger partial charge on any atom is -0.390 e. The molecule has 1 fully saturated rings. The van der Waals surface area contributed by atoms with Crippen molar-refractivity contribution in [1.82, 2.24) is 35.2 Å². The number of hydrogen-bond donors (Lipinski definition) is 3. The standard InChI is InChI=1S/C13H19N7O2/c21-12-7-19(6-11-5-16-18-17-11)1-2-20(8-12)13(22)3-10-4-14-9-15-10/h4-5,9,12,21H,1-3,6-8H2,(H,14,15)(H,16,17,18). The minimum atomic E-state index is -0.569. The van der Waals surface area contributed by atoms with E-state index in [2.05, 4.69) is 30.3 Å². The third kappa shape index (κ3) is 3.68. The van der Waals surface area contributed by atoms with E-state index in [1.165, 1.54) is 0 Å². The number of imidazole rings is 1. The van der Waals surface area contributed by atoms with Crippen LogP contribution in [0, 0.1) is 0 Å². The van der Waals surface area contributed by atoms with Gasteiger partial charge in [0.15, 0.2) is 0 Å². The molecule has 0 radical (unpaired) electrons. The van der Waals surface area contributed by atoms with Crippen LogP contribution in [0.5, 0.6) is 0 Å². The van der Waals surface area contributed by atoms with Crippen LogP contribution in [0.25, 0.3) is 0 Å². The lowest BCUT2D eigenvalue weighted by Gasteiger charge is -2.21. The number of carbonyl (C=O) groups excluding carboxylic acids is 1. The Morgan fingerprint density at radius 1 is 1.36 bits per heavy atom. The first-order valence-electron chi connectivity index (χ1n) is 7.21. The summed E-state index contributed by atoms with van der Waals surface area (Å²) in [6.07, 6.45) is 4.57. The van der Waals surface area contributed by atoms with Crippen molar-refractivity contribution in [2.75, 3.05) is 26.2 Å². The molecule has 1 atom stereocenters. The Morgan fingerprint density at radius 3 is 3.00 bits per heavy atom. The zero-order chi connectivity index (χ0) is 15.4. The molecular weight excluding hydrogens is 286 g/mol. The fraction of sp³-hybridized carbons (Fsp3) is 0.538. The highest BCUT2D eigenvalue weighted by Crippen LogP contribution is 2.09. The molecular formula is C13H19N7O2. The van der Waals surface area contributed by atoms with Crippen LogP contribution in [-0.4, -0.2) is 78.5 Å². The first-order valence-corrected chi connectivity index (χ1v) is 7.21. The molecule has 22 heavy (non-hydrogen) atoms. The number of H-pyrrole nitrogens is 2. The number of nitrogens with zero attached hydrogens (tertiary/aromatic N) is 5. The average molecular weight is 305 g/mol. The van der Waals surface area contributed by atoms with Crippen molar-refractivity contribution in [3.05, 3.63) is 30.1 Å². The number of carbonyl (C=O) groups is 1. The molecule has 9 heteroatoms. The van der Waals surface area contributed by atoms with Crippen molar-refractivity contribution >= 4 is 5.91 Å². The van der Waals surface area contributed by atoms with Crippen molar-refractivity contribution in [2.45, 2.75) is 19.1 Å². The Labute approximate surface area is 127 Å². The lowest BCUT2D eigenvalue weighted by molar-refractivity contribution is -0.131. The summed E-state index contributed by atoms with van der Waals surface area (Å²) in [7, 11) is 0. The minimum absolute atomic E-state index is 0.00779. The summed E-state index contributed by atoms with van der Waals surface area (Å²) >= 11 is 0. The van der Waals surface area contributed by atoms with E-state index >= 15 is 0 Å². The number of aliphatic hydroxyl groups excluding tert-OH is 1. The maximum absolute atomic E-state index is 12.3. The van der Waals surface area contributed by atoms with E-state index in [4.69, 9.17) is 0 Å². The normalized spacial score (nSPS) is 20.0. The summed E-state index contributed by atoms with van der Waals surface area (Å²) in [5.41, 5.74) is 1.60. The molecule has 0 aliphatic carbocycles. The van der Waals surface area contributed by atoms with Gasteiger partial charge in [0.25, 0.3) is 0 Å². The van der Waals surface area contributed by atoms with Crippen LogP contribution in [0.2, 0.25) is 0 Å². The van der Waals surface area contributed by atoms with E-state index in [9.17, 15) is 9.90 Å². The van der Waals surface area contributed by atoms with E-state index in [-0.39, 0.29) is 12.3 Å². The highest BCUT2D eigenvalue weighted by molar-refractivity contribution is 5.78. The summed E-state index contributed by atoms with van der Waals surface area (Å²) in [6.45, 7) is 2.75. The van der Waals surface area contributed by atoms with Crippen molar-refractivity contribution in [2.24, 2.45) is 0 Å². The second kappa shape index (κ2) is 6.67. The Bertz CT molecular complexity index is 584. The third-order valence-corrected chi connectivity index (χ3v) is 3.69. The quantitative estimate of drug-likeness (QED) is 0.652. The number of hydrogen-bond acceptors (Lipinski definition) is 6. The molecule has 1 unspecified atom stereocenters. The van der Waals surface area contributed by atoms with Crippen LogP contribution >= 0.6 is 0 Å². The van der Waals surface area contributed by atoms with Crippen LogP contribution in [0.3, 0.4) is 0 Å². The van der Waals surface area contributed by atoms with E-state index in [0.717, 1.165) is 11.4 Å². The number of β-amino-alcohol motifs (C(OH)–C–C–N with tert-alkyl or cyclic N) is 1. The maximum atomic E-state index is 12.3. The molecule has 118 valence electrons. The van der Waals surface area contributed by atoms with Crippen LogP contribution in [0.4, 0.5) is 0 Å². The summed E-state index contributed by atoms with van der Waals surface area (Å²) in [6, 6.07) is 0. The molecule has 3 rings (SSSR count). The highest BCUT2D eigenvalue weighted by atomic mass is 16.3. The molecule has 1 saturated heterocycles. The summed E-state index contributed by atoms with van der Waals surface area (Å²) < 4.78 is 0. The second-order valence-electron chi connectivity index (χ2n) is 5.44. The monoisotopic (exact) mass is 305 g/mol. The molecule has 3 heterocycles. The molecule has 9 nitrogen and oxygen atoms in total. The fourth-order valence-corrected chi connectivity index (χ4v) is 2.61. The first kappa shape index (κ1) is 14.7. The molecule has 0 aromatic carbocycles. The third-order valence-electron chi connectivity index (χ3n) is 3.69. The van der Waals surface area contributed by atoms with Gasteiger partial charge in [-0.3, -0.25) is 9.69 Å². The Hall–Kier alpha value is -2.26. The molecule has 2 aromatic heterocycles. The van der Waals surface area contributed by atoms with Crippen molar-refractivity contribution < 1.29 is 9.90 Å². The molecule has 1 aliphatic heterocycles. The number of nitrogens with one attached hydrogen (secondary N) is 2. The molecule has 0 spiro atoms. The zero-order valence-corrected chi connectivity index (χ0v) is 12.1. The number of aromatic amines is 2. The summed E-state index contributed by atoms with van der Waals surface area (Å²) in [4.78, 5) is 22.9. The van der Waals surface area contributed by atoms with Crippen LogP contribution < -0.4 is 0 Å². The Kier molecular flexibility index (Phi) is 4.45. The van der Waals surface area contributed by atoms with Crippen LogP contribution in [0.15, 0.2) is 18.7 Å². The van der Waals surface area contributed by atoms with Crippen molar-refractivity contribution in [1.29, 1.82) is 0 Å². The number of amides is 1. The fourth-order valence-electron chi connectivity index (χ4n) is 2.61. The first-order chi connectivity index (χ1) is 10.7. The average Bonchev–Trinajstić information content (AvgIpc) is 3.13. The van der Waals surface area contributed by atoms with E-state index in [0.29, 0.717) is 32.7 Å². The smallest absolute Gasteiger partial charge is 0.228 e. The summed E-state index contributed by atoms with van der Waals surface area (Å²) in [5, 5.41) is 20.5.